The molecule has 0 N–H and O–H groups in total. The number of ketones is 3. The van der Waals surface area contributed by atoms with Crippen molar-refractivity contribution in [2.45, 2.75) is 99.3 Å². The quantitative estimate of drug-likeness (QED) is 0.275. The van der Waals surface area contributed by atoms with Gasteiger partial charge in [-0.2, -0.15) is 0 Å². The fourth-order valence-corrected chi connectivity index (χ4v) is 2.84. The molecule has 34 heavy (non-hydrogen) atoms. The summed E-state index contributed by atoms with van der Waals surface area (Å²) >= 11 is 0. The number of rotatable bonds is 15. The van der Waals surface area contributed by atoms with E-state index in [1.165, 1.54) is 0 Å². The van der Waals surface area contributed by atoms with Crippen LogP contribution < -0.4 is 15.3 Å². The van der Waals surface area contributed by atoms with Crippen LogP contribution in [0, 0.1) is 17.8 Å². The molecule has 10 heteroatoms. The number of hydrogen-bond acceptors (Lipinski definition) is 9. The Hall–Kier alpha value is -2.05. The van der Waals surface area contributed by atoms with Crippen molar-refractivity contribution in [3.05, 3.63) is 0 Å². The van der Waals surface area contributed by atoms with Gasteiger partial charge in [-0.25, -0.2) is 0 Å². The molecule has 1 radical (unpaired) electrons. The standard InChI is InChI=1S/3C8H14O3.Cr/c3*1-3-5-7(9)6(4-2)8(10)11;/h3*6H,3-5H2,1-2H3,(H,10,11);/q;;;+3/p-3. The third-order valence-electron chi connectivity index (χ3n) is 4.73. The number of carbonyl (C=O) groups excluding carboxylic acids is 6. The van der Waals surface area contributed by atoms with E-state index in [-0.39, 0.29) is 34.7 Å². The van der Waals surface area contributed by atoms with Gasteiger partial charge in [0, 0.05) is 19.3 Å². The van der Waals surface area contributed by atoms with E-state index in [9.17, 15) is 44.1 Å². The second-order valence-corrected chi connectivity index (χ2v) is 7.49. The van der Waals surface area contributed by atoms with Crippen molar-refractivity contribution in [1.29, 1.82) is 0 Å². The molecule has 0 aliphatic heterocycles. The predicted octanol–water partition coefficient (Wildman–Crippen LogP) is 0.393. The molecule has 3 atom stereocenters. The Morgan fingerprint density at radius 2 is 0.647 bits per heavy atom. The van der Waals surface area contributed by atoms with E-state index in [0.29, 0.717) is 57.8 Å². The number of carboxylic acid groups (broad SMARTS) is 3. The summed E-state index contributed by atoms with van der Waals surface area (Å²) in [5.41, 5.74) is 0. The first-order valence-corrected chi connectivity index (χ1v) is 11.6. The average molecular weight is 524 g/mol. The van der Waals surface area contributed by atoms with Crippen LogP contribution in [0.2, 0.25) is 0 Å². The van der Waals surface area contributed by atoms with Crippen LogP contribution in [0.3, 0.4) is 0 Å². The summed E-state index contributed by atoms with van der Waals surface area (Å²) in [7, 11) is 0. The van der Waals surface area contributed by atoms with Crippen molar-refractivity contribution in [1.82, 2.24) is 0 Å². The summed E-state index contributed by atoms with van der Waals surface area (Å²) < 4.78 is 0. The van der Waals surface area contributed by atoms with E-state index >= 15 is 0 Å². The Morgan fingerprint density at radius 1 is 0.471 bits per heavy atom. The first kappa shape index (κ1) is 39.2. The molecule has 0 heterocycles. The van der Waals surface area contributed by atoms with Gasteiger partial charge in [0.2, 0.25) is 0 Å². The van der Waals surface area contributed by atoms with Gasteiger partial charge in [0.1, 0.15) is 17.3 Å². The molecular formula is C24H39CrO9. The van der Waals surface area contributed by atoms with Crippen molar-refractivity contribution < 1.29 is 61.4 Å². The number of aliphatic carboxylic acids is 3. The molecule has 0 aromatic carbocycles. The topological polar surface area (TPSA) is 172 Å². The smallest absolute Gasteiger partial charge is 0.549 e. The predicted molar refractivity (Wildman–Crippen MR) is 116 cm³/mol. The molecule has 0 saturated heterocycles. The van der Waals surface area contributed by atoms with E-state index in [1.54, 1.807) is 20.8 Å². The third kappa shape index (κ3) is 18.4. The molecule has 0 fully saturated rings. The van der Waals surface area contributed by atoms with E-state index in [2.05, 4.69) is 0 Å². The Kier molecular flexibility index (Phi) is 27.8. The minimum atomic E-state index is -1.24. The minimum Gasteiger partial charge on any atom is -0.549 e. The van der Waals surface area contributed by atoms with Gasteiger partial charge >= 0.3 is 17.4 Å². The Bertz CT molecular complexity index is 546. The van der Waals surface area contributed by atoms with Crippen LogP contribution in [0.1, 0.15) is 99.3 Å². The largest absolute Gasteiger partial charge is 3.00 e. The Balaban J connectivity index is -0.000000196. The maximum Gasteiger partial charge on any atom is 3.00 e. The Morgan fingerprint density at radius 3 is 0.735 bits per heavy atom. The zero-order chi connectivity index (χ0) is 26.6. The maximum atomic E-state index is 11.0. The van der Waals surface area contributed by atoms with Crippen LogP contribution in [0.5, 0.6) is 0 Å². The Labute approximate surface area is 213 Å². The van der Waals surface area contributed by atoms with Crippen molar-refractivity contribution in [2.24, 2.45) is 17.8 Å². The van der Waals surface area contributed by atoms with Crippen LogP contribution >= 0.6 is 0 Å². The van der Waals surface area contributed by atoms with Gasteiger partial charge in [0.05, 0.1) is 35.7 Å². The van der Waals surface area contributed by atoms with Gasteiger partial charge in [-0.3, -0.25) is 14.4 Å². The van der Waals surface area contributed by atoms with Gasteiger partial charge in [-0.1, -0.05) is 41.5 Å². The summed E-state index contributed by atoms with van der Waals surface area (Å²) in [5, 5.41) is 30.9. The number of Topliss-reactive ketones (excluding diaryl/α,β-unsaturated/α-hetero) is 3. The molecule has 0 aliphatic rings. The zero-order valence-electron chi connectivity index (χ0n) is 21.2. The molecule has 0 aromatic heterocycles. The van der Waals surface area contributed by atoms with E-state index < -0.39 is 35.7 Å². The molecule has 3 unspecified atom stereocenters. The van der Waals surface area contributed by atoms with Gasteiger partial charge in [-0.15, -0.1) is 0 Å². The van der Waals surface area contributed by atoms with E-state index in [4.69, 9.17) is 0 Å². The first-order valence-electron chi connectivity index (χ1n) is 11.6. The molecule has 0 aromatic rings. The molecule has 195 valence electrons. The van der Waals surface area contributed by atoms with Crippen LogP contribution in [0.25, 0.3) is 0 Å². The van der Waals surface area contributed by atoms with Crippen LogP contribution in [-0.2, 0) is 46.1 Å². The molecule has 0 amide bonds. The normalized spacial score (nSPS) is 12.2. The third-order valence-corrected chi connectivity index (χ3v) is 4.73. The molecule has 0 bridgehead atoms. The van der Waals surface area contributed by atoms with Gasteiger partial charge in [-0.05, 0) is 38.5 Å². The van der Waals surface area contributed by atoms with Crippen LogP contribution in [0.15, 0.2) is 0 Å². The van der Waals surface area contributed by atoms with Gasteiger partial charge in [0.25, 0.3) is 0 Å². The fraction of sp³-hybridized carbons (Fsp3) is 0.750. The summed E-state index contributed by atoms with van der Waals surface area (Å²) in [4.78, 5) is 63.9. The number of carbonyl (C=O) groups is 6. The molecule has 0 spiro atoms. The number of carboxylic acids is 3. The minimum absolute atomic E-state index is 0. The molecule has 0 aliphatic carbocycles. The molecule has 9 nitrogen and oxygen atoms in total. The van der Waals surface area contributed by atoms with Crippen molar-refractivity contribution in [3.63, 3.8) is 0 Å². The average Bonchev–Trinajstić information content (AvgIpc) is 2.70. The number of hydrogen-bond donors (Lipinski definition) is 0. The van der Waals surface area contributed by atoms with Gasteiger partial charge in [0.15, 0.2) is 0 Å². The fourth-order valence-electron chi connectivity index (χ4n) is 2.84. The first-order chi connectivity index (χ1) is 15.4. The second kappa shape index (κ2) is 24.1. The maximum absolute atomic E-state index is 11.0. The summed E-state index contributed by atoms with van der Waals surface area (Å²) in [6.07, 6.45) is 4.11. The summed E-state index contributed by atoms with van der Waals surface area (Å²) in [6.45, 7) is 10.6. The monoisotopic (exact) mass is 523 g/mol. The van der Waals surface area contributed by atoms with E-state index in [0.717, 1.165) is 0 Å². The summed E-state index contributed by atoms with van der Waals surface area (Å²) in [6, 6.07) is 0. The molecular weight excluding hydrogens is 484 g/mol. The van der Waals surface area contributed by atoms with Crippen molar-refractivity contribution in [2.75, 3.05) is 0 Å². The van der Waals surface area contributed by atoms with Crippen LogP contribution in [0.4, 0.5) is 0 Å². The SMILES string of the molecule is CCCC(=O)C(CC)C(=O)[O-].CCCC(=O)C(CC)C(=O)[O-].CCCC(=O)C(CC)C(=O)[O-].[Cr+3]. The zero-order valence-corrected chi connectivity index (χ0v) is 22.5. The molecule has 0 rings (SSSR count). The second-order valence-electron chi connectivity index (χ2n) is 7.49. The van der Waals surface area contributed by atoms with Crippen LogP contribution in [-0.4, -0.2) is 35.3 Å². The van der Waals surface area contributed by atoms with Crippen molar-refractivity contribution in [3.8, 4) is 0 Å². The van der Waals surface area contributed by atoms with Crippen molar-refractivity contribution >= 4 is 35.3 Å². The molecule has 0 saturated carbocycles. The van der Waals surface area contributed by atoms with Gasteiger partial charge < -0.3 is 29.7 Å². The summed E-state index contributed by atoms with van der Waals surface area (Å²) in [5.74, 6) is -7.05. The van der Waals surface area contributed by atoms with E-state index in [1.807, 2.05) is 20.8 Å².